The predicted molar refractivity (Wildman–Crippen MR) is 49.7 cm³/mol. The average molecular weight is 173 g/mol. The highest BCUT2D eigenvalue weighted by Gasteiger charge is 2.44. The van der Waals surface area contributed by atoms with Gasteiger partial charge in [0.1, 0.15) is 5.67 Å². The average Bonchev–Trinajstić information content (AvgIpc) is 1.83. The van der Waals surface area contributed by atoms with Crippen LogP contribution in [0.5, 0.6) is 0 Å². The van der Waals surface area contributed by atoms with E-state index in [1.807, 2.05) is 20.8 Å². The summed E-state index contributed by atoms with van der Waals surface area (Å²) in [5, 5.41) is 0. The molecule has 0 saturated heterocycles. The monoisotopic (exact) mass is 173 g/mol. The third kappa shape index (κ3) is 1.79. The van der Waals surface area contributed by atoms with Crippen LogP contribution in [0.2, 0.25) is 0 Å². The Morgan fingerprint density at radius 3 is 2.33 bits per heavy atom. The summed E-state index contributed by atoms with van der Waals surface area (Å²) < 4.78 is 14.2. The summed E-state index contributed by atoms with van der Waals surface area (Å²) in [5.41, 5.74) is 4.47. The van der Waals surface area contributed by atoms with Gasteiger partial charge in [0.15, 0.2) is 0 Å². The number of rotatable bonds is 0. The van der Waals surface area contributed by atoms with Gasteiger partial charge in [-0.1, -0.05) is 20.8 Å². The van der Waals surface area contributed by atoms with Gasteiger partial charge in [-0.25, -0.2) is 4.39 Å². The molecule has 0 heterocycles. The molecule has 12 heavy (non-hydrogen) atoms. The van der Waals surface area contributed by atoms with E-state index >= 15 is 0 Å². The van der Waals surface area contributed by atoms with Crippen molar-refractivity contribution >= 4 is 0 Å². The molecule has 1 saturated carbocycles. The molecule has 0 aromatic rings. The zero-order valence-corrected chi connectivity index (χ0v) is 8.36. The van der Waals surface area contributed by atoms with E-state index in [0.717, 1.165) is 12.8 Å². The molecule has 2 atom stereocenters. The van der Waals surface area contributed by atoms with Crippen LogP contribution in [0.1, 0.15) is 46.5 Å². The van der Waals surface area contributed by atoms with Crippen molar-refractivity contribution in [1.82, 2.24) is 0 Å². The molecule has 0 aromatic carbocycles. The van der Waals surface area contributed by atoms with Gasteiger partial charge in [0.05, 0.1) is 0 Å². The SMILES string of the molecule is CC(C)(C)C1(F)CCCC(N)C1. The quantitative estimate of drug-likeness (QED) is 0.598. The second-order valence-electron chi connectivity index (χ2n) is 5.07. The van der Waals surface area contributed by atoms with Gasteiger partial charge in [0, 0.05) is 6.04 Å². The van der Waals surface area contributed by atoms with Crippen LogP contribution in [0.3, 0.4) is 0 Å². The van der Waals surface area contributed by atoms with Gasteiger partial charge in [0.25, 0.3) is 0 Å². The molecule has 2 N–H and O–H groups in total. The molecule has 1 rings (SSSR count). The topological polar surface area (TPSA) is 26.0 Å². The fraction of sp³-hybridized carbons (Fsp3) is 1.00. The number of hydrogen-bond donors (Lipinski definition) is 1. The summed E-state index contributed by atoms with van der Waals surface area (Å²) in [4.78, 5) is 0. The van der Waals surface area contributed by atoms with Crippen molar-refractivity contribution in [3.63, 3.8) is 0 Å². The minimum absolute atomic E-state index is 0.0722. The van der Waals surface area contributed by atoms with Gasteiger partial charge in [-0.05, 0) is 31.1 Å². The van der Waals surface area contributed by atoms with Crippen LogP contribution in [-0.4, -0.2) is 11.7 Å². The lowest BCUT2D eigenvalue weighted by Crippen LogP contribution is -2.46. The summed E-state index contributed by atoms with van der Waals surface area (Å²) in [7, 11) is 0. The van der Waals surface area contributed by atoms with Gasteiger partial charge in [-0.3, -0.25) is 0 Å². The van der Waals surface area contributed by atoms with Crippen LogP contribution in [0, 0.1) is 5.41 Å². The maximum absolute atomic E-state index is 14.2. The molecular weight excluding hydrogens is 153 g/mol. The Morgan fingerprint density at radius 1 is 1.42 bits per heavy atom. The minimum Gasteiger partial charge on any atom is -0.328 e. The Bertz CT molecular complexity index is 162. The Hall–Kier alpha value is -0.110. The number of hydrogen-bond acceptors (Lipinski definition) is 1. The molecule has 1 fully saturated rings. The van der Waals surface area contributed by atoms with Crippen molar-refractivity contribution in [2.75, 3.05) is 0 Å². The van der Waals surface area contributed by atoms with Crippen LogP contribution in [-0.2, 0) is 0 Å². The van der Waals surface area contributed by atoms with Gasteiger partial charge in [-0.15, -0.1) is 0 Å². The van der Waals surface area contributed by atoms with E-state index in [9.17, 15) is 4.39 Å². The molecule has 0 aliphatic heterocycles. The third-order valence-corrected chi connectivity index (χ3v) is 3.08. The van der Waals surface area contributed by atoms with E-state index < -0.39 is 5.67 Å². The fourth-order valence-corrected chi connectivity index (χ4v) is 1.95. The van der Waals surface area contributed by atoms with Crippen LogP contribution in [0.15, 0.2) is 0 Å². The zero-order valence-electron chi connectivity index (χ0n) is 8.36. The van der Waals surface area contributed by atoms with Crippen molar-refractivity contribution in [2.24, 2.45) is 11.1 Å². The molecule has 1 nitrogen and oxygen atoms in total. The van der Waals surface area contributed by atoms with Gasteiger partial charge in [-0.2, -0.15) is 0 Å². The summed E-state index contributed by atoms with van der Waals surface area (Å²) >= 11 is 0. The first-order valence-electron chi connectivity index (χ1n) is 4.80. The minimum atomic E-state index is -1.04. The molecule has 72 valence electrons. The van der Waals surface area contributed by atoms with Gasteiger partial charge in [0.2, 0.25) is 0 Å². The van der Waals surface area contributed by atoms with Gasteiger partial charge < -0.3 is 5.73 Å². The normalized spacial score (nSPS) is 38.2. The molecule has 2 heteroatoms. The van der Waals surface area contributed by atoms with E-state index in [4.69, 9.17) is 5.73 Å². The first-order chi connectivity index (χ1) is 5.35. The lowest BCUT2D eigenvalue weighted by Gasteiger charge is -2.42. The molecule has 0 spiro atoms. The highest BCUT2D eigenvalue weighted by molar-refractivity contribution is 4.96. The van der Waals surface area contributed by atoms with Crippen LogP contribution >= 0.6 is 0 Å². The van der Waals surface area contributed by atoms with E-state index in [-0.39, 0.29) is 11.5 Å². The lowest BCUT2D eigenvalue weighted by molar-refractivity contribution is -0.0120. The Kier molecular flexibility index (Phi) is 2.48. The van der Waals surface area contributed by atoms with E-state index in [0.29, 0.717) is 12.8 Å². The molecule has 1 aliphatic carbocycles. The molecule has 0 radical (unpaired) electrons. The molecule has 0 aromatic heterocycles. The van der Waals surface area contributed by atoms with Crippen LogP contribution in [0.25, 0.3) is 0 Å². The lowest BCUT2D eigenvalue weighted by atomic mass is 9.68. The zero-order chi connectivity index (χ0) is 9.41. The Morgan fingerprint density at radius 2 is 2.00 bits per heavy atom. The number of halogens is 1. The summed E-state index contributed by atoms with van der Waals surface area (Å²) in [5.74, 6) is 0. The molecule has 0 bridgehead atoms. The number of alkyl halides is 1. The Labute approximate surface area is 74.5 Å². The summed E-state index contributed by atoms with van der Waals surface area (Å²) in [6.07, 6.45) is 3.15. The number of nitrogens with two attached hydrogens (primary N) is 1. The molecule has 0 amide bonds. The van der Waals surface area contributed by atoms with Gasteiger partial charge >= 0.3 is 0 Å². The van der Waals surface area contributed by atoms with Crippen LogP contribution < -0.4 is 5.73 Å². The second kappa shape index (κ2) is 2.99. The largest absolute Gasteiger partial charge is 0.328 e. The molecular formula is C10H20FN. The highest BCUT2D eigenvalue weighted by Crippen LogP contribution is 2.44. The highest BCUT2D eigenvalue weighted by atomic mass is 19.1. The predicted octanol–water partition coefficient (Wildman–Crippen LogP) is 2.64. The Balaban J connectivity index is 2.70. The van der Waals surface area contributed by atoms with E-state index in [2.05, 4.69) is 0 Å². The maximum Gasteiger partial charge on any atom is 0.117 e. The van der Waals surface area contributed by atoms with E-state index in [1.54, 1.807) is 0 Å². The van der Waals surface area contributed by atoms with Crippen molar-refractivity contribution in [3.05, 3.63) is 0 Å². The first kappa shape index (κ1) is 9.97. The smallest absolute Gasteiger partial charge is 0.117 e. The third-order valence-electron chi connectivity index (χ3n) is 3.08. The van der Waals surface area contributed by atoms with Crippen LogP contribution in [0.4, 0.5) is 4.39 Å². The first-order valence-corrected chi connectivity index (χ1v) is 4.80. The van der Waals surface area contributed by atoms with Crippen molar-refractivity contribution in [2.45, 2.75) is 58.2 Å². The summed E-state index contributed by atoms with van der Waals surface area (Å²) in [6, 6.07) is 0.0722. The van der Waals surface area contributed by atoms with E-state index in [1.165, 1.54) is 0 Å². The van der Waals surface area contributed by atoms with Crippen molar-refractivity contribution in [1.29, 1.82) is 0 Å². The fourth-order valence-electron chi connectivity index (χ4n) is 1.95. The standard InChI is InChI=1S/C10H20FN/c1-9(2,3)10(11)6-4-5-8(12)7-10/h8H,4-7,12H2,1-3H3. The summed E-state index contributed by atoms with van der Waals surface area (Å²) in [6.45, 7) is 5.89. The maximum atomic E-state index is 14.2. The second-order valence-corrected chi connectivity index (χ2v) is 5.07. The molecule has 2 unspecified atom stereocenters. The van der Waals surface area contributed by atoms with Crippen molar-refractivity contribution in [3.8, 4) is 0 Å². The molecule has 1 aliphatic rings. The van der Waals surface area contributed by atoms with Crippen molar-refractivity contribution < 1.29 is 4.39 Å².